The third-order valence-corrected chi connectivity index (χ3v) is 5.17. The molecule has 2 amide bonds. The first kappa shape index (κ1) is 16.9. The minimum absolute atomic E-state index is 0.00505. The number of thiophene rings is 1. The van der Waals surface area contributed by atoms with Crippen molar-refractivity contribution in [2.45, 2.75) is 32.5 Å². The van der Waals surface area contributed by atoms with Gasteiger partial charge in [0.05, 0.1) is 6.54 Å². The van der Waals surface area contributed by atoms with Crippen LogP contribution >= 0.6 is 11.3 Å². The summed E-state index contributed by atoms with van der Waals surface area (Å²) in [6.07, 6.45) is 3.16. The number of amides is 2. The Morgan fingerprint density at radius 2 is 2.12 bits per heavy atom. The SMILES string of the molecule is C[C@H](Cn1cncn1)NC(=O)N1CCN([C@H](C)c2ccsc2)CC1. The molecule has 7 nitrogen and oxygen atoms in total. The summed E-state index contributed by atoms with van der Waals surface area (Å²) in [6.45, 7) is 8.17. The van der Waals surface area contributed by atoms with E-state index in [2.05, 4.69) is 44.0 Å². The number of urea groups is 1. The van der Waals surface area contributed by atoms with Crippen LogP contribution in [0.25, 0.3) is 0 Å². The second-order valence-corrected chi connectivity index (χ2v) is 7.00. The lowest BCUT2D eigenvalue weighted by atomic mass is 10.1. The van der Waals surface area contributed by atoms with Gasteiger partial charge >= 0.3 is 6.03 Å². The lowest BCUT2D eigenvalue weighted by Crippen LogP contribution is -2.53. The van der Waals surface area contributed by atoms with Crippen LogP contribution in [0.4, 0.5) is 4.79 Å². The maximum atomic E-state index is 12.4. The molecular weight excluding hydrogens is 324 g/mol. The highest BCUT2D eigenvalue weighted by Gasteiger charge is 2.25. The van der Waals surface area contributed by atoms with E-state index in [-0.39, 0.29) is 12.1 Å². The zero-order chi connectivity index (χ0) is 16.9. The van der Waals surface area contributed by atoms with Crippen LogP contribution in [0.5, 0.6) is 0 Å². The Kier molecular flexibility index (Phi) is 5.47. The fourth-order valence-electron chi connectivity index (χ4n) is 2.99. The lowest BCUT2D eigenvalue weighted by molar-refractivity contribution is 0.112. The van der Waals surface area contributed by atoms with Crippen LogP contribution in [0.2, 0.25) is 0 Å². The Hall–Kier alpha value is -1.93. The standard InChI is InChI=1S/C16H24N6OS/c1-13(9-22-12-17-11-18-22)19-16(23)21-6-4-20(5-7-21)14(2)15-3-8-24-10-15/h3,8,10-14H,4-7,9H2,1-2H3,(H,19,23)/t13-,14-/m1/s1. The molecule has 1 fully saturated rings. The highest BCUT2D eigenvalue weighted by molar-refractivity contribution is 7.07. The zero-order valence-electron chi connectivity index (χ0n) is 14.1. The molecule has 3 rings (SSSR count). The molecule has 1 saturated heterocycles. The van der Waals surface area contributed by atoms with Crippen molar-refractivity contribution in [2.75, 3.05) is 26.2 Å². The summed E-state index contributed by atoms with van der Waals surface area (Å²) in [6, 6.07) is 2.61. The third-order valence-electron chi connectivity index (χ3n) is 4.47. The molecule has 0 unspecified atom stereocenters. The van der Waals surface area contributed by atoms with Gasteiger partial charge in [-0.25, -0.2) is 9.78 Å². The number of carbonyl (C=O) groups is 1. The minimum Gasteiger partial charge on any atom is -0.334 e. The summed E-state index contributed by atoms with van der Waals surface area (Å²) in [7, 11) is 0. The van der Waals surface area contributed by atoms with E-state index in [9.17, 15) is 4.79 Å². The Morgan fingerprint density at radius 1 is 1.33 bits per heavy atom. The van der Waals surface area contributed by atoms with Crippen LogP contribution in [-0.2, 0) is 6.54 Å². The van der Waals surface area contributed by atoms with Crippen LogP contribution < -0.4 is 5.32 Å². The van der Waals surface area contributed by atoms with Gasteiger partial charge in [0.15, 0.2) is 0 Å². The summed E-state index contributed by atoms with van der Waals surface area (Å²) in [5.41, 5.74) is 1.36. The van der Waals surface area contributed by atoms with Gasteiger partial charge < -0.3 is 10.2 Å². The summed E-state index contributed by atoms with van der Waals surface area (Å²) in [4.78, 5) is 20.6. The molecule has 0 spiro atoms. The van der Waals surface area contributed by atoms with Crippen molar-refractivity contribution in [1.82, 2.24) is 29.9 Å². The molecule has 0 radical (unpaired) electrons. The molecule has 0 saturated carbocycles. The van der Waals surface area contributed by atoms with Crippen LogP contribution in [0.1, 0.15) is 25.5 Å². The molecule has 2 aromatic rings. The third kappa shape index (κ3) is 4.12. The highest BCUT2D eigenvalue weighted by Crippen LogP contribution is 2.23. The van der Waals surface area contributed by atoms with E-state index in [1.165, 1.54) is 11.9 Å². The van der Waals surface area contributed by atoms with Gasteiger partial charge in [0, 0.05) is 38.3 Å². The number of piperazine rings is 1. The Labute approximate surface area is 146 Å². The van der Waals surface area contributed by atoms with E-state index in [1.807, 2.05) is 11.8 Å². The number of nitrogens with one attached hydrogen (secondary N) is 1. The van der Waals surface area contributed by atoms with Gasteiger partial charge in [-0.15, -0.1) is 0 Å². The van der Waals surface area contributed by atoms with Crippen molar-refractivity contribution in [2.24, 2.45) is 0 Å². The van der Waals surface area contributed by atoms with Gasteiger partial charge in [-0.3, -0.25) is 9.58 Å². The second-order valence-electron chi connectivity index (χ2n) is 6.22. The quantitative estimate of drug-likeness (QED) is 0.895. The topological polar surface area (TPSA) is 66.3 Å². The number of carbonyl (C=O) groups excluding carboxylic acids is 1. The van der Waals surface area contributed by atoms with E-state index in [4.69, 9.17) is 0 Å². The summed E-state index contributed by atoms with van der Waals surface area (Å²) < 4.78 is 1.73. The first-order valence-electron chi connectivity index (χ1n) is 8.27. The largest absolute Gasteiger partial charge is 0.334 e. The van der Waals surface area contributed by atoms with Crippen molar-refractivity contribution in [3.8, 4) is 0 Å². The maximum Gasteiger partial charge on any atom is 0.317 e. The monoisotopic (exact) mass is 348 g/mol. The first-order chi connectivity index (χ1) is 11.6. The first-order valence-corrected chi connectivity index (χ1v) is 9.22. The van der Waals surface area contributed by atoms with E-state index in [0.29, 0.717) is 12.6 Å². The molecule has 0 aromatic carbocycles. The smallest absolute Gasteiger partial charge is 0.317 e. The van der Waals surface area contributed by atoms with Gasteiger partial charge in [0.1, 0.15) is 12.7 Å². The molecule has 1 aliphatic heterocycles. The van der Waals surface area contributed by atoms with E-state index < -0.39 is 0 Å². The van der Waals surface area contributed by atoms with Crippen molar-refractivity contribution in [3.63, 3.8) is 0 Å². The normalized spacial score (nSPS) is 18.3. The number of hydrogen-bond donors (Lipinski definition) is 1. The number of aromatic nitrogens is 3. The predicted molar refractivity (Wildman–Crippen MR) is 93.9 cm³/mol. The Bertz CT molecular complexity index is 621. The predicted octanol–water partition coefficient (Wildman–Crippen LogP) is 1.82. The summed E-state index contributed by atoms with van der Waals surface area (Å²) in [5.74, 6) is 0. The molecule has 24 heavy (non-hydrogen) atoms. The molecule has 2 atom stereocenters. The van der Waals surface area contributed by atoms with Crippen LogP contribution in [0.15, 0.2) is 29.5 Å². The van der Waals surface area contributed by atoms with Crippen molar-refractivity contribution in [1.29, 1.82) is 0 Å². The van der Waals surface area contributed by atoms with Crippen molar-refractivity contribution in [3.05, 3.63) is 35.0 Å². The fraction of sp³-hybridized carbons (Fsp3) is 0.562. The molecular formula is C16H24N6OS. The average Bonchev–Trinajstić information content (AvgIpc) is 3.27. The summed E-state index contributed by atoms with van der Waals surface area (Å²) in [5, 5.41) is 11.4. The maximum absolute atomic E-state index is 12.4. The molecule has 2 aromatic heterocycles. The van der Waals surface area contributed by atoms with Crippen molar-refractivity contribution < 1.29 is 4.79 Å². The second kappa shape index (κ2) is 7.76. The molecule has 0 aliphatic carbocycles. The fourth-order valence-corrected chi connectivity index (χ4v) is 3.74. The summed E-state index contributed by atoms with van der Waals surface area (Å²) >= 11 is 1.73. The van der Waals surface area contributed by atoms with Crippen LogP contribution in [-0.4, -0.2) is 62.8 Å². The number of hydrogen-bond acceptors (Lipinski definition) is 5. The van der Waals surface area contributed by atoms with Gasteiger partial charge in [0.25, 0.3) is 0 Å². The van der Waals surface area contributed by atoms with Gasteiger partial charge in [-0.1, -0.05) is 0 Å². The van der Waals surface area contributed by atoms with Crippen molar-refractivity contribution >= 4 is 17.4 Å². The molecule has 130 valence electrons. The average molecular weight is 348 g/mol. The molecule has 1 aliphatic rings. The van der Waals surface area contributed by atoms with Crippen LogP contribution in [0, 0.1) is 0 Å². The molecule has 3 heterocycles. The Morgan fingerprint density at radius 3 is 2.75 bits per heavy atom. The van der Waals surface area contributed by atoms with E-state index >= 15 is 0 Å². The van der Waals surface area contributed by atoms with E-state index in [0.717, 1.165) is 26.2 Å². The lowest BCUT2D eigenvalue weighted by Gasteiger charge is -2.38. The van der Waals surface area contributed by atoms with Gasteiger partial charge in [-0.2, -0.15) is 16.4 Å². The Balaban J connectivity index is 1.45. The van der Waals surface area contributed by atoms with Gasteiger partial charge in [0.2, 0.25) is 0 Å². The zero-order valence-corrected chi connectivity index (χ0v) is 14.9. The van der Waals surface area contributed by atoms with Gasteiger partial charge in [-0.05, 0) is 36.2 Å². The highest BCUT2D eigenvalue weighted by atomic mass is 32.1. The van der Waals surface area contributed by atoms with Crippen LogP contribution in [0.3, 0.4) is 0 Å². The number of rotatable bonds is 5. The van der Waals surface area contributed by atoms with E-state index in [1.54, 1.807) is 22.3 Å². The number of nitrogens with zero attached hydrogens (tertiary/aromatic N) is 5. The molecule has 8 heteroatoms. The minimum atomic E-state index is 0.00505. The molecule has 0 bridgehead atoms. The molecule has 1 N–H and O–H groups in total.